The van der Waals surface area contributed by atoms with Gasteiger partial charge in [-0.2, -0.15) is 0 Å². The van der Waals surface area contributed by atoms with E-state index in [0.717, 1.165) is 49.3 Å². The number of nitrogens with zero attached hydrogens (tertiary/aromatic N) is 2. The van der Waals surface area contributed by atoms with E-state index in [1.807, 2.05) is 13.8 Å². The zero-order chi connectivity index (χ0) is 14.7. The number of nitrogens with two attached hydrogens (primary N) is 1. The molecular weight excluding hydrogens is 276 g/mol. The molecule has 0 radical (unpaired) electrons. The summed E-state index contributed by atoms with van der Waals surface area (Å²) in [5.74, 6) is 1.39. The van der Waals surface area contributed by atoms with E-state index in [4.69, 9.17) is 17.3 Å². The topological polar surface area (TPSA) is 80.9 Å². The van der Waals surface area contributed by atoms with E-state index in [1.165, 1.54) is 0 Å². The number of halogens is 1. The summed E-state index contributed by atoms with van der Waals surface area (Å²) in [6.07, 6.45) is 4.28. The average Bonchev–Trinajstić information content (AvgIpc) is 2.44. The number of aryl methyl sites for hydroxylation is 1. The zero-order valence-corrected chi connectivity index (χ0v) is 12.7. The Morgan fingerprint density at radius 2 is 2.00 bits per heavy atom. The number of anilines is 1. The number of amides is 1. The van der Waals surface area contributed by atoms with E-state index in [-0.39, 0.29) is 11.8 Å². The predicted octanol–water partition coefficient (Wildman–Crippen LogP) is 2.46. The van der Waals surface area contributed by atoms with E-state index in [9.17, 15) is 4.79 Å². The third-order valence-corrected chi connectivity index (χ3v) is 4.29. The van der Waals surface area contributed by atoms with Gasteiger partial charge in [-0.05, 0) is 32.6 Å². The van der Waals surface area contributed by atoms with E-state index in [2.05, 4.69) is 15.3 Å². The largest absolute Gasteiger partial charge is 0.369 e. The van der Waals surface area contributed by atoms with Crippen LogP contribution in [0.15, 0.2) is 0 Å². The van der Waals surface area contributed by atoms with Gasteiger partial charge < -0.3 is 11.1 Å². The summed E-state index contributed by atoms with van der Waals surface area (Å²) in [6.45, 7) is 3.92. The SMILES string of the molecule is CCc1nc(Cl)c(C)c(NC2CCC(C(N)=O)CC2)n1. The van der Waals surface area contributed by atoms with Gasteiger partial charge in [0, 0.05) is 23.9 Å². The van der Waals surface area contributed by atoms with Crippen molar-refractivity contribution in [1.29, 1.82) is 0 Å². The lowest BCUT2D eigenvalue weighted by molar-refractivity contribution is -0.122. The van der Waals surface area contributed by atoms with Crippen LogP contribution in [0.2, 0.25) is 5.15 Å². The molecule has 1 aliphatic rings. The van der Waals surface area contributed by atoms with Gasteiger partial charge in [-0.15, -0.1) is 0 Å². The molecule has 1 saturated carbocycles. The summed E-state index contributed by atoms with van der Waals surface area (Å²) in [5.41, 5.74) is 6.23. The lowest BCUT2D eigenvalue weighted by Crippen LogP contribution is -2.32. The van der Waals surface area contributed by atoms with Crippen LogP contribution in [-0.4, -0.2) is 21.9 Å². The molecule has 0 aliphatic heterocycles. The molecule has 0 atom stereocenters. The molecular formula is C14H21ClN4O. The summed E-state index contributed by atoms with van der Waals surface area (Å²) in [6, 6.07) is 0.319. The van der Waals surface area contributed by atoms with Crippen LogP contribution in [0.1, 0.15) is 44.0 Å². The standard InChI is InChI=1S/C14H21ClN4O/c1-3-11-18-12(15)8(2)14(19-11)17-10-6-4-9(5-7-10)13(16)20/h9-10H,3-7H2,1-2H3,(H2,16,20)(H,17,18,19). The maximum absolute atomic E-state index is 11.2. The van der Waals surface area contributed by atoms with Crippen LogP contribution in [0, 0.1) is 12.8 Å². The Morgan fingerprint density at radius 3 is 2.55 bits per heavy atom. The van der Waals surface area contributed by atoms with Gasteiger partial charge >= 0.3 is 0 Å². The van der Waals surface area contributed by atoms with Crippen molar-refractivity contribution in [3.05, 3.63) is 16.5 Å². The Kier molecular flexibility index (Phi) is 4.81. The fraction of sp³-hybridized carbons (Fsp3) is 0.643. The Hall–Kier alpha value is -1.36. The van der Waals surface area contributed by atoms with Gasteiger partial charge in [0.05, 0.1) is 0 Å². The van der Waals surface area contributed by atoms with Crippen molar-refractivity contribution in [1.82, 2.24) is 9.97 Å². The quantitative estimate of drug-likeness (QED) is 0.836. The van der Waals surface area contributed by atoms with Crippen LogP contribution in [0.3, 0.4) is 0 Å². The number of nitrogens with one attached hydrogen (secondary N) is 1. The molecule has 1 fully saturated rings. The summed E-state index contributed by atoms with van der Waals surface area (Å²) in [7, 11) is 0. The first-order valence-corrected chi connectivity index (χ1v) is 7.48. The van der Waals surface area contributed by atoms with Gasteiger partial charge in [0.1, 0.15) is 16.8 Å². The highest BCUT2D eigenvalue weighted by Gasteiger charge is 2.25. The maximum Gasteiger partial charge on any atom is 0.220 e. The molecule has 6 heteroatoms. The van der Waals surface area contributed by atoms with Crippen molar-refractivity contribution in [2.24, 2.45) is 11.7 Å². The maximum atomic E-state index is 11.2. The van der Waals surface area contributed by atoms with Crippen molar-refractivity contribution in [2.75, 3.05) is 5.32 Å². The molecule has 1 aliphatic carbocycles. The number of hydrogen-bond acceptors (Lipinski definition) is 4. The zero-order valence-electron chi connectivity index (χ0n) is 11.9. The van der Waals surface area contributed by atoms with E-state index in [0.29, 0.717) is 11.2 Å². The second-order valence-electron chi connectivity index (χ2n) is 5.35. The summed E-state index contributed by atoms with van der Waals surface area (Å²) in [5, 5.41) is 3.94. The highest BCUT2D eigenvalue weighted by Crippen LogP contribution is 2.28. The minimum Gasteiger partial charge on any atom is -0.369 e. The van der Waals surface area contributed by atoms with Gasteiger partial charge in [-0.1, -0.05) is 18.5 Å². The highest BCUT2D eigenvalue weighted by atomic mass is 35.5. The molecule has 1 amide bonds. The summed E-state index contributed by atoms with van der Waals surface area (Å²) >= 11 is 6.13. The van der Waals surface area contributed by atoms with Crippen molar-refractivity contribution >= 4 is 23.3 Å². The monoisotopic (exact) mass is 296 g/mol. The molecule has 0 unspecified atom stereocenters. The van der Waals surface area contributed by atoms with E-state index < -0.39 is 0 Å². The summed E-state index contributed by atoms with van der Waals surface area (Å²) < 4.78 is 0. The van der Waals surface area contributed by atoms with E-state index >= 15 is 0 Å². The molecule has 0 spiro atoms. The Labute approximate surface area is 124 Å². The van der Waals surface area contributed by atoms with Crippen LogP contribution in [0.4, 0.5) is 5.82 Å². The van der Waals surface area contributed by atoms with Gasteiger partial charge in [0.25, 0.3) is 0 Å². The van der Waals surface area contributed by atoms with Crippen molar-refractivity contribution in [3.8, 4) is 0 Å². The highest BCUT2D eigenvalue weighted by molar-refractivity contribution is 6.30. The number of rotatable bonds is 4. The van der Waals surface area contributed by atoms with Crippen LogP contribution < -0.4 is 11.1 Å². The Bertz CT molecular complexity index is 498. The Morgan fingerprint density at radius 1 is 1.35 bits per heavy atom. The van der Waals surface area contributed by atoms with Gasteiger partial charge in [-0.25, -0.2) is 9.97 Å². The fourth-order valence-corrected chi connectivity index (χ4v) is 2.73. The molecule has 1 aromatic heterocycles. The van der Waals surface area contributed by atoms with Crippen LogP contribution in [0.25, 0.3) is 0 Å². The first kappa shape index (κ1) is 15.0. The van der Waals surface area contributed by atoms with Crippen molar-refractivity contribution < 1.29 is 4.79 Å². The van der Waals surface area contributed by atoms with Crippen LogP contribution >= 0.6 is 11.6 Å². The number of carbonyl (C=O) groups is 1. The molecule has 1 aromatic rings. The third kappa shape index (κ3) is 3.39. The van der Waals surface area contributed by atoms with Gasteiger partial charge in [-0.3, -0.25) is 4.79 Å². The fourth-order valence-electron chi connectivity index (χ4n) is 2.55. The molecule has 110 valence electrons. The molecule has 0 bridgehead atoms. The molecule has 3 N–H and O–H groups in total. The number of primary amides is 1. The molecule has 1 heterocycles. The molecule has 20 heavy (non-hydrogen) atoms. The molecule has 5 nitrogen and oxygen atoms in total. The lowest BCUT2D eigenvalue weighted by atomic mass is 9.85. The first-order chi connectivity index (χ1) is 9.51. The number of hydrogen-bond donors (Lipinski definition) is 2. The second kappa shape index (κ2) is 6.39. The second-order valence-corrected chi connectivity index (χ2v) is 5.71. The number of aromatic nitrogens is 2. The molecule has 0 aromatic carbocycles. The predicted molar refractivity (Wildman–Crippen MR) is 79.7 cm³/mol. The van der Waals surface area contributed by atoms with E-state index in [1.54, 1.807) is 0 Å². The van der Waals surface area contributed by atoms with Gasteiger partial charge in [0.2, 0.25) is 5.91 Å². The molecule has 2 rings (SSSR count). The van der Waals surface area contributed by atoms with Crippen LogP contribution in [-0.2, 0) is 11.2 Å². The number of carbonyl (C=O) groups excluding carboxylic acids is 1. The minimum atomic E-state index is -0.182. The Balaban J connectivity index is 2.04. The van der Waals surface area contributed by atoms with Crippen molar-refractivity contribution in [2.45, 2.75) is 52.0 Å². The van der Waals surface area contributed by atoms with Crippen LogP contribution in [0.5, 0.6) is 0 Å². The van der Waals surface area contributed by atoms with Crippen molar-refractivity contribution in [3.63, 3.8) is 0 Å². The normalized spacial score (nSPS) is 22.6. The first-order valence-electron chi connectivity index (χ1n) is 7.10. The summed E-state index contributed by atoms with van der Waals surface area (Å²) in [4.78, 5) is 19.9. The smallest absolute Gasteiger partial charge is 0.220 e. The lowest BCUT2D eigenvalue weighted by Gasteiger charge is -2.28. The molecule has 0 saturated heterocycles. The van der Waals surface area contributed by atoms with Gasteiger partial charge in [0.15, 0.2) is 0 Å². The average molecular weight is 297 g/mol. The third-order valence-electron chi connectivity index (χ3n) is 3.92. The minimum absolute atomic E-state index is 0.0225.